The van der Waals surface area contributed by atoms with Crippen molar-refractivity contribution in [2.24, 2.45) is 5.92 Å². The zero-order valence-corrected chi connectivity index (χ0v) is 17.0. The zero-order valence-electron chi connectivity index (χ0n) is 16.1. The average molecular weight is 390 g/mol. The number of nitrogens with zero attached hydrogens (tertiary/aromatic N) is 1. The van der Waals surface area contributed by atoms with Crippen LogP contribution >= 0.6 is 11.8 Å². The molecule has 1 saturated carbocycles. The summed E-state index contributed by atoms with van der Waals surface area (Å²) in [5.41, 5.74) is 0.0964. The van der Waals surface area contributed by atoms with Gasteiger partial charge in [-0.15, -0.1) is 0 Å². The van der Waals surface area contributed by atoms with Crippen LogP contribution < -0.4 is 0 Å². The molecule has 6 heteroatoms. The highest BCUT2D eigenvalue weighted by molar-refractivity contribution is 8.14. The van der Waals surface area contributed by atoms with Gasteiger partial charge in [-0.2, -0.15) is 0 Å². The van der Waals surface area contributed by atoms with Crippen LogP contribution in [0.3, 0.4) is 0 Å². The maximum absolute atomic E-state index is 13.0. The summed E-state index contributed by atoms with van der Waals surface area (Å²) >= 11 is 1.25. The van der Waals surface area contributed by atoms with Gasteiger partial charge in [0.1, 0.15) is 11.6 Å². The van der Waals surface area contributed by atoms with Crippen molar-refractivity contribution in [2.75, 3.05) is 6.54 Å². The van der Waals surface area contributed by atoms with Crippen molar-refractivity contribution >= 4 is 28.8 Å². The molecule has 146 valence electrons. The zero-order chi connectivity index (χ0) is 19.6. The van der Waals surface area contributed by atoms with Gasteiger partial charge in [0.2, 0.25) is 11.0 Å². The minimum Gasteiger partial charge on any atom is -0.458 e. The molecule has 0 N–H and O–H groups in total. The lowest BCUT2D eigenvalue weighted by Gasteiger charge is -2.38. The lowest BCUT2D eigenvalue weighted by Crippen LogP contribution is -2.50. The van der Waals surface area contributed by atoms with E-state index in [1.807, 2.05) is 39.0 Å². The van der Waals surface area contributed by atoms with Gasteiger partial charge < -0.3 is 9.64 Å². The topological polar surface area (TPSA) is 63.7 Å². The minimum atomic E-state index is -0.564. The first kappa shape index (κ1) is 19.9. The van der Waals surface area contributed by atoms with Gasteiger partial charge in [0.05, 0.1) is 5.92 Å². The molecule has 1 heterocycles. The molecule has 0 radical (unpaired) electrons. The monoisotopic (exact) mass is 389 g/mol. The number of carbonyl (C=O) groups excluding carboxylic acids is 3. The summed E-state index contributed by atoms with van der Waals surface area (Å²) in [6.45, 7) is 6.09. The summed E-state index contributed by atoms with van der Waals surface area (Å²) in [6.07, 6.45) is 3.08. The van der Waals surface area contributed by atoms with Crippen molar-refractivity contribution < 1.29 is 19.1 Å². The molecule has 3 atom stereocenters. The Bertz CT molecular complexity index is 713. The van der Waals surface area contributed by atoms with E-state index in [1.165, 1.54) is 11.8 Å². The van der Waals surface area contributed by atoms with E-state index in [9.17, 15) is 14.4 Å². The highest BCUT2D eigenvalue weighted by Crippen LogP contribution is 2.41. The number of rotatable bonds is 4. The number of hydrogen-bond donors (Lipinski definition) is 0. The van der Waals surface area contributed by atoms with Gasteiger partial charge in [0.15, 0.2) is 0 Å². The molecule has 2 fully saturated rings. The van der Waals surface area contributed by atoms with E-state index in [-0.39, 0.29) is 28.2 Å². The molecular formula is C21H27NO4S. The Kier molecular flexibility index (Phi) is 5.94. The first-order valence-corrected chi connectivity index (χ1v) is 10.4. The third-order valence-corrected chi connectivity index (χ3v) is 6.33. The van der Waals surface area contributed by atoms with Gasteiger partial charge in [-0.1, -0.05) is 42.1 Å². The maximum atomic E-state index is 13.0. The number of benzene rings is 1. The van der Waals surface area contributed by atoms with Crippen molar-refractivity contribution in [2.45, 2.75) is 63.3 Å². The predicted octanol–water partition coefficient (Wildman–Crippen LogP) is 3.67. The highest BCUT2D eigenvalue weighted by atomic mass is 32.2. The predicted molar refractivity (Wildman–Crippen MR) is 105 cm³/mol. The second-order valence-corrected chi connectivity index (χ2v) is 9.43. The lowest BCUT2D eigenvalue weighted by molar-refractivity contribution is -0.164. The first-order chi connectivity index (χ1) is 12.8. The number of thioether (sulfide) groups is 1. The number of carbonyl (C=O) groups is 3. The van der Waals surface area contributed by atoms with Crippen LogP contribution in [0.4, 0.5) is 0 Å². The van der Waals surface area contributed by atoms with Crippen LogP contribution in [0.25, 0.3) is 0 Å². The first-order valence-electron chi connectivity index (χ1n) is 9.55. The van der Waals surface area contributed by atoms with Gasteiger partial charge in [-0.05, 0) is 46.5 Å². The van der Waals surface area contributed by atoms with Crippen LogP contribution in [-0.4, -0.2) is 45.3 Å². The molecule has 0 spiro atoms. The molecule has 1 aliphatic heterocycles. The minimum absolute atomic E-state index is 0.00298. The summed E-state index contributed by atoms with van der Waals surface area (Å²) in [6, 6.07) is 8.65. The van der Waals surface area contributed by atoms with Crippen LogP contribution in [0, 0.1) is 5.92 Å². The largest absolute Gasteiger partial charge is 0.458 e. The van der Waals surface area contributed by atoms with Crippen molar-refractivity contribution in [3.05, 3.63) is 35.9 Å². The molecule has 1 aromatic rings. The van der Waals surface area contributed by atoms with E-state index < -0.39 is 11.6 Å². The van der Waals surface area contributed by atoms with Crippen molar-refractivity contribution in [3.63, 3.8) is 0 Å². The molecule has 0 unspecified atom stereocenters. The van der Waals surface area contributed by atoms with Crippen molar-refractivity contribution in [3.8, 4) is 0 Å². The Morgan fingerprint density at radius 3 is 2.37 bits per heavy atom. The van der Waals surface area contributed by atoms with Gasteiger partial charge in [-0.25, -0.2) is 4.79 Å². The Labute approximate surface area is 164 Å². The third-order valence-electron chi connectivity index (χ3n) is 5.01. The molecule has 1 amide bonds. The number of amides is 1. The van der Waals surface area contributed by atoms with Crippen LogP contribution in [-0.2, 0) is 14.3 Å². The van der Waals surface area contributed by atoms with Crippen LogP contribution in [0.1, 0.15) is 56.8 Å². The van der Waals surface area contributed by atoms with Gasteiger partial charge in [0, 0.05) is 17.4 Å². The fraction of sp³-hybridized carbons (Fsp3) is 0.571. The summed E-state index contributed by atoms with van der Waals surface area (Å²) in [4.78, 5) is 39.6. The second-order valence-electron chi connectivity index (χ2n) is 8.22. The van der Waals surface area contributed by atoms with E-state index in [2.05, 4.69) is 0 Å². The third kappa shape index (κ3) is 4.72. The fourth-order valence-electron chi connectivity index (χ4n) is 3.53. The molecule has 3 rings (SSSR count). The molecule has 5 nitrogen and oxygen atoms in total. The number of hydrogen-bond acceptors (Lipinski definition) is 5. The lowest BCUT2D eigenvalue weighted by atomic mass is 9.83. The van der Waals surface area contributed by atoms with E-state index in [1.54, 1.807) is 17.0 Å². The quantitative estimate of drug-likeness (QED) is 0.735. The standard InChI is InChI=1S/C21H27NO4S/c1-21(2,3)26-19(24)16-10-7-13-22(16)18(23)15-11-12-17(15)27-20(25)14-8-5-4-6-9-14/h4-6,8-9,15-17H,7,10-13H2,1-3H3/t15-,16-,17-/m0/s1. The molecule has 1 saturated heterocycles. The second kappa shape index (κ2) is 8.05. The number of esters is 1. The Balaban J connectivity index is 1.61. The molecule has 27 heavy (non-hydrogen) atoms. The number of likely N-dealkylation sites (tertiary alicyclic amines) is 1. The van der Waals surface area contributed by atoms with Gasteiger partial charge in [-0.3, -0.25) is 9.59 Å². The average Bonchev–Trinajstić information content (AvgIpc) is 3.07. The Hall–Kier alpha value is -1.82. The fourth-order valence-corrected chi connectivity index (χ4v) is 4.75. The molecule has 1 aliphatic carbocycles. The van der Waals surface area contributed by atoms with Crippen LogP contribution in [0.5, 0.6) is 0 Å². The Morgan fingerprint density at radius 2 is 1.78 bits per heavy atom. The number of ether oxygens (including phenoxy) is 1. The highest BCUT2D eigenvalue weighted by Gasteiger charge is 2.45. The summed E-state index contributed by atoms with van der Waals surface area (Å²) < 4.78 is 5.49. The van der Waals surface area contributed by atoms with Gasteiger partial charge in [0.25, 0.3) is 0 Å². The maximum Gasteiger partial charge on any atom is 0.329 e. The van der Waals surface area contributed by atoms with E-state index in [4.69, 9.17) is 4.74 Å². The summed E-state index contributed by atoms with van der Waals surface area (Å²) in [7, 11) is 0. The van der Waals surface area contributed by atoms with Crippen LogP contribution in [0.15, 0.2) is 30.3 Å². The summed E-state index contributed by atoms with van der Waals surface area (Å²) in [5.74, 6) is -0.518. The smallest absolute Gasteiger partial charge is 0.329 e. The van der Waals surface area contributed by atoms with E-state index in [0.29, 0.717) is 18.5 Å². The van der Waals surface area contributed by atoms with Crippen molar-refractivity contribution in [1.82, 2.24) is 4.90 Å². The molecule has 0 aromatic heterocycles. The normalized spacial score (nSPS) is 25.0. The summed E-state index contributed by atoms with van der Waals surface area (Å²) in [5, 5.41) is -0.00620. The molecule has 0 bridgehead atoms. The Morgan fingerprint density at radius 1 is 1.07 bits per heavy atom. The van der Waals surface area contributed by atoms with Crippen molar-refractivity contribution in [1.29, 1.82) is 0 Å². The molecular weight excluding hydrogens is 362 g/mol. The van der Waals surface area contributed by atoms with E-state index in [0.717, 1.165) is 19.3 Å². The van der Waals surface area contributed by atoms with E-state index >= 15 is 0 Å². The van der Waals surface area contributed by atoms with Gasteiger partial charge >= 0.3 is 5.97 Å². The van der Waals surface area contributed by atoms with Crippen LogP contribution in [0.2, 0.25) is 0 Å². The molecule has 1 aromatic carbocycles. The molecule has 2 aliphatic rings. The SMILES string of the molecule is CC(C)(C)OC(=O)[C@@H]1CCCN1C(=O)[C@H]1CC[C@@H]1SC(=O)c1ccccc1.